The van der Waals surface area contributed by atoms with Crippen molar-refractivity contribution < 1.29 is 0 Å². The first kappa shape index (κ1) is 8.10. The molecule has 0 aliphatic heterocycles. The first-order chi connectivity index (χ1) is 5.16. The van der Waals surface area contributed by atoms with Crippen molar-refractivity contribution in [2.24, 2.45) is 0 Å². The molecule has 11 heavy (non-hydrogen) atoms. The van der Waals surface area contributed by atoms with Crippen molar-refractivity contribution in [2.75, 3.05) is 0 Å². The molecule has 0 aliphatic rings. The first-order valence-electron chi connectivity index (χ1n) is 3.32. The van der Waals surface area contributed by atoms with Crippen LogP contribution in [0, 0.1) is 25.2 Å². The van der Waals surface area contributed by atoms with Crippen LogP contribution in [0.1, 0.15) is 16.7 Å². The number of rotatable bonds is 0. The van der Waals surface area contributed by atoms with Gasteiger partial charge in [0, 0.05) is 0 Å². The minimum Gasteiger partial charge on any atom is -0.192 e. The third kappa shape index (κ3) is 1.36. The average molecular weight is 166 g/mol. The number of nitriles is 1. The molecular weight excluding hydrogens is 158 g/mol. The summed E-state index contributed by atoms with van der Waals surface area (Å²) in [5, 5.41) is 9.27. The van der Waals surface area contributed by atoms with Crippen LogP contribution in [0.25, 0.3) is 0 Å². The molecular formula is C9H8ClN. The van der Waals surface area contributed by atoms with Crippen molar-refractivity contribution in [2.45, 2.75) is 13.8 Å². The Balaban J connectivity index is 3.44. The standard InChI is InChI=1S/C9H8ClN/c1-6-3-4-7(2)9(10)8(6)5-11/h3-4H,1-2H3. The highest BCUT2D eigenvalue weighted by molar-refractivity contribution is 6.32. The Morgan fingerprint density at radius 3 is 2.27 bits per heavy atom. The lowest BCUT2D eigenvalue weighted by Gasteiger charge is -2.01. The van der Waals surface area contributed by atoms with E-state index in [1.807, 2.05) is 26.0 Å². The van der Waals surface area contributed by atoms with Crippen LogP contribution in [0.2, 0.25) is 5.02 Å². The zero-order valence-electron chi connectivity index (χ0n) is 6.48. The van der Waals surface area contributed by atoms with E-state index in [1.165, 1.54) is 0 Å². The summed E-state index contributed by atoms with van der Waals surface area (Å²) < 4.78 is 0. The second-order valence-corrected chi connectivity index (χ2v) is 2.88. The molecule has 0 unspecified atom stereocenters. The highest BCUT2D eigenvalue weighted by Gasteiger charge is 2.04. The summed E-state index contributed by atoms with van der Waals surface area (Å²) >= 11 is 5.88. The smallest absolute Gasteiger partial charge is 0.101 e. The number of halogens is 1. The molecule has 0 spiro atoms. The summed E-state index contributed by atoms with van der Waals surface area (Å²) in [7, 11) is 0. The fraction of sp³-hybridized carbons (Fsp3) is 0.222. The fourth-order valence-electron chi connectivity index (χ4n) is 0.914. The molecule has 0 fully saturated rings. The maximum absolute atomic E-state index is 8.69. The summed E-state index contributed by atoms with van der Waals surface area (Å²) in [6, 6.07) is 5.89. The van der Waals surface area contributed by atoms with Crippen LogP contribution in [0.4, 0.5) is 0 Å². The van der Waals surface area contributed by atoms with E-state index >= 15 is 0 Å². The van der Waals surface area contributed by atoms with Gasteiger partial charge in [-0.3, -0.25) is 0 Å². The van der Waals surface area contributed by atoms with Gasteiger partial charge in [-0.05, 0) is 25.0 Å². The largest absolute Gasteiger partial charge is 0.192 e. The summed E-state index contributed by atoms with van der Waals surface area (Å²) in [5.74, 6) is 0. The third-order valence-electron chi connectivity index (χ3n) is 1.66. The number of nitrogens with zero attached hydrogens (tertiary/aromatic N) is 1. The van der Waals surface area contributed by atoms with Crippen LogP contribution in [0.15, 0.2) is 12.1 Å². The zero-order valence-corrected chi connectivity index (χ0v) is 7.24. The van der Waals surface area contributed by atoms with Gasteiger partial charge in [0.1, 0.15) is 6.07 Å². The second kappa shape index (κ2) is 2.94. The normalized spacial score (nSPS) is 9.27. The van der Waals surface area contributed by atoms with Crippen molar-refractivity contribution in [3.63, 3.8) is 0 Å². The maximum Gasteiger partial charge on any atom is 0.101 e. The van der Waals surface area contributed by atoms with Gasteiger partial charge in [0.25, 0.3) is 0 Å². The van der Waals surface area contributed by atoms with Crippen LogP contribution in [0.3, 0.4) is 0 Å². The number of benzene rings is 1. The fourth-order valence-corrected chi connectivity index (χ4v) is 1.17. The molecule has 0 aromatic heterocycles. The number of hydrogen-bond acceptors (Lipinski definition) is 1. The predicted molar refractivity (Wildman–Crippen MR) is 45.6 cm³/mol. The van der Waals surface area contributed by atoms with Gasteiger partial charge >= 0.3 is 0 Å². The van der Waals surface area contributed by atoms with E-state index in [-0.39, 0.29) is 0 Å². The molecule has 0 bridgehead atoms. The minimum atomic E-state index is 0.576. The number of aryl methyl sites for hydroxylation is 2. The molecule has 0 heterocycles. The van der Waals surface area contributed by atoms with E-state index in [2.05, 4.69) is 6.07 Å². The predicted octanol–water partition coefficient (Wildman–Crippen LogP) is 2.83. The van der Waals surface area contributed by atoms with Gasteiger partial charge in [-0.15, -0.1) is 0 Å². The molecule has 2 heteroatoms. The van der Waals surface area contributed by atoms with Crippen molar-refractivity contribution in [1.29, 1.82) is 5.26 Å². The quantitative estimate of drug-likeness (QED) is 0.580. The van der Waals surface area contributed by atoms with Crippen molar-refractivity contribution in [3.05, 3.63) is 33.8 Å². The lowest BCUT2D eigenvalue weighted by molar-refractivity contribution is 1.35. The third-order valence-corrected chi connectivity index (χ3v) is 2.14. The van der Waals surface area contributed by atoms with E-state index in [0.717, 1.165) is 11.1 Å². The monoisotopic (exact) mass is 165 g/mol. The second-order valence-electron chi connectivity index (χ2n) is 2.50. The molecule has 0 radical (unpaired) electrons. The zero-order chi connectivity index (χ0) is 8.43. The van der Waals surface area contributed by atoms with E-state index in [4.69, 9.17) is 16.9 Å². The van der Waals surface area contributed by atoms with Crippen LogP contribution < -0.4 is 0 Å². The SMILES string of the molecule is Cc1ccc(C)c(C#N)c1Cl. The molecule has 1 aromatic rings. The lowest BCUT2D eigenvalue weighted by Crippen LogP contribution is -1.86. The highest BCUT2D eigenvalue weighted by atomic mass is 35.5. The van der Waals surface area contributed by atoms with E-state index < -0.39 is 0 Å². The van der Waals surface area contributed by atoms with Crippen LogP contribution in [-0.2, 0) is 0 Å². The molecule has 0 saturated carbocycles. The Hall–Kier alpha value is -1.00. The maximum atomic E-state index is 8.69. The molecule has 0 amide bonds. The topological polar surface area (TPSA) is 23.8 Å². The van der Waals surface area contributed by atoms with Gasteiger partial charge in [-0.2, -0.15) is 5.26 Å². The van der Waals surface area contributed by atoms with Gasteiger partial charge in [0.15, 0.2) is 0 Å². The summed E-state index contributed by atoms with van der Waals surface area (Å²) in [5.41, 5.74) is 2.48. The van der Waals surface area contributed by atoms with E-state index in [1.54, 1.807) is 0 Å². The lowest BCUT2D eigenvalue weighted by atomic mass is 10.1. The Bertz CT molecular complexity index is 323. The first-order valence-corrected chi connectivity index (χ1v) is 3.70. The number of hydrogen-bond donors (Lipinski definition) is 0. The van der Waals surface area contributed by atoms with Crippen LogP contribution in [-0.4, -0.2) is 0 Å². The molecule has 0 N–H and O–H groups in total. The molecule has 0 aliphatic carbocycles. The van der Waals surface area contributed by atoms with E-state index in [9.17, 15) is 0 Å². The molecule has 0 atom stereocenters. The van der Waals surface area contributed by atoms with Crippen molar-refractivity contribution in [3.8, 4) is 6.07 Å². The highest BCUT2D eigenvalue weighted by Crippen LogP contribution is 2.22. The van der Waals surface area contributed by atoms with Gasteiger partial charge in [0.2, 0.25) is 0 Å². The molecule has 56 valence electrons. The Kier molecular flexibility index (Phi) is 2.16. The molecule has 1 rings (SSSR count). The Labute approximate surface area is 71.2 Å². The summed E-state index contributed by atoms with van der Waals surface area (Å²) in [6.07, 6.45) is 0. The van der Waals surface area contributed by atoms with Crippen molar-refractivity contribution >= 4 is 11.6 Å². The Morgan fingerprint density at radius 2 is 1.82 bits per heavy atom. The average Bonchev–Trinajstić information content (AvgIpc) is 1.99. The van der Waals surface area contributed by atoms with Crippen LogP contribution in [0.5, 0.6) is 0 Å². The summed E-state index contributed by atoms with van der Waals surface area (Å²) in [4.78, 5) is 0. The summed E-state index contributed by atoms with van der Waals surface area (Å²) in [6.45, 7) is 3.77. The molecule has 0 saturated heterocycles. The minimum absolute atomic E-state index is 0.576. The van der Waals surface area contributed by atoms with Gasteiger partial charge in [-0.1, -0.05) is 23.7 Å². The molecule has 1 nitrogen and oxygen atoms in total. The van der Waals surface area contributed by atoms with Crippen LogP contribution >= 0.6 is 11.6 Å². The molecule has 1 aromatic carbocycles. The van der Waals surface area contributed by atoms with Gasteiger partial charge < -0.3 is 0 Å². The Morgan fingerprint density at radius 1 is 1.27 bits per heavy atom. The van der Waals surface area contributed by atoms with Gasteiger partial charge in [-0.25, -0.2) is 0 Å². The van der Waals surface area contributed by atoms with Gasteiger partial charge in [0.05, 0.1) is 10.6 Å². The van der Waals surface area contributed by atoms with E-state index in [0.29, 0.717) is 10.6 Å². The van der Waals surface area contributed by atoms with Crippen molar-refractivity contribution in [1.82, 2.24) is 0 Å².